The third-order valence-electron chi connectivity index (χ3n) is 4.27. The molecule has 1 N–H and O–H groups in total. The van der Waals surface area contributed by atoms with Crippen LogP contribution in [0.15, 0.2) is 35.7 Å². The van der Waals surface area contributed by atoms with Crippen molar-refractivity contribution in [2.45, 2.75) is 37.0 Å². The molecule has 1 saturated heterocycles. The second kappa shape index (κ2) is 9.01. The number of carbonyl (C=O) groups excluding carboxylic acids is 1. The van der Waals surface area contributed by atoms with Crippen LogP contribution in [0.2, 0.25) is 0 Å². The minimum absolute atomic E-state index is 0.105. The summed E-state index contributed by atoms with van der Waals surface area (Å²) in [7, 11) is -1.96. The van der Waals surface area contributed by atoms with Crippen molar-refractivity contribution in [2.75, 3.05) is 26.7 Å². The van der Waals surface area contributed by atoms with Gasteiger partial charge in [0.15, 0.2) is 0 Å². The molecule has 7 heteroatoms. The van der Waals surface area contributed by atoms with Gasteiger partial charge in [-0.3, -0.25) is 4.79 Å². The average Bonchev–Trinajstić information content (AvgIpc) is 2.65. The van der Waals surface area contributed by atoms with E-state index in [0.717, 1.165) is 19.3 Å². The number of benzene rings is 1. The van der Waals surface area contributed by atoms with E-state index in [9.17, 15) is 13.2 Å². The number of nitrogens with zero attached hydrogens (tertiary/aromatic N) is 1. The average molecular weight is 366 g/mol. The van der Waals surface area contributed by atoms with E-state index in [1.165, 1.54) is 7.11 Å². The molecule has 1 fully saturated rings. The summed E-state index contributed by atoms with van der Waals surface area (Å²) in [6, 6.07) is 4.86. The molecule has 138 valence electrons. The van der Waals surface area contributed by atoms with Gasteiger partial charge in [0.2, 0.25) is 15.9 Å². The van der Waals surface area contributed by atoms with Gasteiger partial charge in [0, 0.05) is 26.1 Å². The van der Waals surface area contributed by atoms with E-state index < -0.39 is 10.0 Å². The summed E-state index contributed by atoms with van der Waals surface area (Å²) >= 11 is 0. The molecule has 1 aliphatic heterocycles. The smallest absolute Gasteiger partial charge is 0.243 e. The number of hydrogen-bond acceptors (Lipinski definition) is 4. The zero-order valence-electron chi connectivity index (χ0n) is 14.7. The Morgan fingerprint density at radius 1 is 1.32 bits per heavy atom. The van der Waals surface area contributed by atoms with Crippen molar-refractivity contribution in [1.29, 1.82) is 0 Å². The van der Waals surface area contributed by atoms with Crippen molar-refractivity contribution >= 4 is 15.9 Å². The second-order valence-electron chi connectivity index (χ2n) is 6.03. The number of carbonyl (C=O) groups is 1. The Morgan fingerprint density at radius 3 is 2.68 bits per heavy atom. The zero-order chi connectivity index (χ0) is 18.3. The van der Waals surface area contributed by atoms with E-state index in [0.29, 0.717) is 37.4 Å². The van der Waals surface area contributed by atoms with E-state index in [-0.39, 0.29) is 17.2 Å². The summed E-state index contributed by atoms with van der Waals surface area (Å²) < 4.78 is 32.5. The molecule has 0 aliphatic carbocycles. The van der Waals surface area contributed by atoms with Crippen molar-refractivity contribution in [1.82, 2.24) is 9.62 Å². The molecular weight excluding hydrogens is 340 g/mol. The van der Waals surface area contributed by atoms with Gasteiger partial charge in [0.25, 0.3) is 0 Å². The molecule has 0 atom stereocenters. The predicted octanol–water partition coefficient (Wildman–Crippen LogP) is 2.10. The summed E-state index contributed by atoms with van der Waals surface area (Å²) in [5.74, 6) is 0.486. The SMILES string of the molecule is C=CCNC(=O)CCc1cc(S(=O)(=O)N2CCCCC2)ccc1OC. The maximum absolute atomic E-state index is 12.8. The Balaban J connectivity index is 2.18. The molecule has 1 aliphatic rings. The quantitative estimate of drug-likeness (QED) is 0.715. The topological polar surface area (TPSA) is 75.7 Å². The molecular formula is C18H26N2O4S. The van der Waals surface area contributed by atoms with Crippen molar-refractivity contribution in [3.63, 3.8) is 0 Å². The minimum Gasteiger partial charge on any atom is -0.496 e. The lowest BCUT2D eigenvalue weighted by molar-refractivity contribution is -0.120. The molecule has 0 aromatic heterocycles. The standard InChI is InChI=1S/C18H26N2O4S/c1-3-11-19-18(21)10-7-15-14-16(8-9-17(15)24-2)25(22,23)20-12-5-4-6-13-20/h3,8-9,14H,1,4-7,10-13H2,2H3,(H,19,21). The number of ether oxygens (including phenoxy) is 1. The lowest BCUT2D eigenvalue weighted by Gasteiger charge is -2.26. The van der Waals surface area contributed by atoms with Gasteiger partial charge < -0.3 is 10.1 Å². The predicted molar refractivity (Wildman–Crippen MR) is 97.1 cm³/mol. The zero-order valence-corrected chi connectivity index (χ0v) is 15.5. The fourth-order valence-corrected chi connectivity index (χ4v) is 4.46. The molecule has 25 heavy (non-hydrogen) atoms. The molecule has 6 nitrogen and oxygen atoms in total. The van der Waals surface area contributed by atoms with Crippen LogP contribution in [0, 0.1) is 0 Å². The first kappa shape index (κ1) is 19.5. The molecule has 0 unspecified atom stereocenters. The summed E-state index contributed by atoms with van der Waals surface area (Å²) in [6.07, 6.45) is 5.15. The first-order valence-corrected chi connectivity index (χ1v) is 9.97. The summed E-state index contributed by atoms with van der Waals surface area (Å²) in [6.45, 7) is 5.10. The van der Waals surface area contributed by atoms with Crippen LogP contribution >= 0.6 is 0 Å². The maximum atomic E-state index is 12.8. The fourth-order valence-electron chi connectivity index (χ4n) is 2.89. The van der Waals surface area contributed by atoms with Gasteiger partial charge >= 0.3 is 0 Å². The Morgan fingerprint density at radius 2 is 2.04 bits per heavy atom. The van der Waals surface area contributed by atoms with E-state index >= 15 is 0 Å². The molecule has 0 radical (unpaired) electrons. The third-order valence-corrected chi connectivity index (χ3v) is 6.16. The van der Waals surface area contributed by atoms with Gasteiger partial charge in [0.05, 0.1) is 12.0 Å². The maximum Gasteiger partial charge on any atom is 0.243 e. The number of hydrogen-bond donors (Lipinski definition) is 1. The lowest BCUT2D eigenvalue weighted by atomic mass is 10.1. The molecule has 1 aromatic rings. The van der Waals surface area contributed by atoms with Crippen LogP contribution in [-0.2, 0) is 21.2 Å². The highest BCUT2D eigenvalue weighted by atomic mass is 32.2. The van der Waals surface area contributed by atoms with E-state index in [1.807, 2.05) is 0 Å². The third kappa shape index (κ3) is 5.06. The van der Waals surface area contributed by atoms with Crippen LogP contribution in [0.3, 0.4) is 0 Å². The minimum atomic E-state index is -3.50. The highest BCUT2D eigenvalue weighted by Gasteiger charge is 2.26. The highest BCUT2D eigenvalue weighted by Crippen LogP contribution is 2.27. The number of aryl methyl sites for hydroxylation is 1. The molecule has 0 bridgehead atoms. The van der Waals surface area contributed by atoms with Crippen LogP contribution in [-0.4, -0.2) is 45.4 Å². The van der Waals surface area contributed by atoms with Crippen molar-refractivity contribution < 1.29 is 17.9 Å². The van der Waals surface area contributed by atoms with Crippen LogP contribution in [0.4, 0.5) is 0 Å². The first-order chi connectivity index (χ1) is 12.0. The molecule has 1 heterocycles. The first-order valence-electron chi connectivity index (χ1n) is 8.53. The van der Waals surface area contributed by atoms with Crippen LogP contribution in [0.1, 0.15) is 31.2 Å². The van der Waals surface area contributed by atoms with Gasteiger partial charge in [-0.05, 0) is 43.0 Å². The van der Waals surface area contributed by atoms with Crippen LogP contribution in [0.5, 0.6) is 5.75 Å². The molecule has 1 aromatic carbocycles. The number of methoxy groups -OCH3 is 1. The van der Waals surface area contributed by atoms with Gasteiger partial charge in [-0.2, -0.15) is 4.31 Å². The molecule has 2 rings (SSSR count). The van der Waals surface area contributed by atoms with Gasteiger partial charge in [-0.15, -0.1) is 6.58 Å². The van der Waals surface area contributed by atoms with E-state index in [2.05, 4.69) is 11.9 Å². The summed E-state index contributed by atoms with van der Waals surface area (Å²) in [5.41, 5.74) is 0.717. The molecule has 0 saturated carbocycles. The van der Waals surface area contributed by atoms with Gasteiger partial charge in [0.1, 0.15) is 5.75 Å². The number of piperidine rings is 1. The lowest BCUT2D eigenvalue weighted by Crippen LogP contribution is -2.35. The van der Waals surface area contributed by atoms with Crippen molar-refractivity contribution in [3.8, 4) is 5.75 Å². The fraction of sp³-hybridized carbons (Fsp3) is 0.500. The Labute approximate surface area is 149 Å². The van der Waals surface area contributed by atoms with E-state index in [1.54, 1.807) is 28.6 Å². The van der Waals surface area contributed by atoms with Gasteiger partial charge in [-0.25, -0.2) is 8.42 Å². The summed E-state index contributed by atoms with van der Waals surface area (Å²) in [4.78, 5) is 12.0. The highest BCUT2D eigenvalue weighted by molar-refractivity contribution is 7.89. The largest absolute Gasteiger partial charge is 0.496 e. The Bertz CT molecular complexity index is 710. The van der Waals surface area contributed by atoms with Crippen LogP contribution in [0.25, 0.3) is 0 Å². The Hall–Kier alpha value is -1.86. The summed E-state index contributed by atoms with van der Waals surface area (Å²) in [5, 5.41) is 2.71. The second-order valence-corrected chi connectivity index (χ2v) is 7.97. The normalized spacial score (nSPS) is 15.6. The van der Waals surface area contributed by atoms with Crippen molar-refractivity contribution in [2.24, 2.45) is 0 Å². The van der Waals surface area contributed by atoms with E-state index in [4.69, 9.17) is 4.74 Å². The van der Waals surface area contributed by atoms with Crippen molar-refractivity contribution in [3.05, 3.63) is 36.4 Å². The number of rotatable bonds is 8. The van der Waals surface area contributed by atoms with Gasteiger partial charge in [-0.1, -0.05) is 12.5 Å². The Kier molecular flexibility index (Phi) is 7.01. The molecule has 0 spiro atoms. The van der Waals surface area contributed by atoms with Crippen LogP contribution < -0.4 is 10.1 Å². The number of nitrogens with one attached hydrogen (secondary N) is 1. The number of amides is 1. The monoisotopic (exact) mass is 366 g/mol. The molecule has 1 amide bonds. The number of sulfonamides is 1.